The van der Waals surface area contributed by atoms with Crippen LogP contribution in [-0.4, -0.2) is 25.2 Å². The van der Waals surface area contributed by atoms with Crippen molar-refractivity contribution in [3.63, 3.8) is 0 Å². The molecule has 94 valence electrons. The zero-order chi connectivity index (χ0) is 12.9. The molecule has 1 aromatic rings. The lowest BCUT2D eigenvalue weighted by molar-refractivity contribution is -0.137. The monoisotopic (exact) mass is 266 g/mol. The van der Waals surface area contributed by atoms with E-state index in [0.29, 0.717) is 10.7 Å². The largest absolute Gasteiger partial charge is 0.405 e. The van der Waals surface area contributed by atoms with Gasteiger partial charge >= 0.3 is 6.18 Å². The molecule has 2 N–H and O–H groups in total. The quantitative estimate of drug-likeness (QED) is 0.879. The Bertz CT molecular complexity index is 395. The van der Waals surface area contributed by atoms with Crippen molar-refractivity contribution in [2.75, 3.05) is 18.4 Å². The van der Waals surface area contributed by atoms with Crippen LogP contribution in [-0.2, 0) is 4.79 Å². The molecule has 3 nitrogen and oxygen atoms in total. The average molecular weight is 267 g/mol. The van der Waals surface area contributed by atoms with Gasteiger partial charge in [-0.05, 0) is 18.2 Å². The summed E-state index contributed by atoms with van der Waals surface area (Å²) in [6.45, 7) is -1.57. The molecule has 0 heterocycles. The highest BCUT2D eigenvalue weighted by Crippen LogP contribution is 2.14. The molecule has 17 heavy (non-hydrogen) atoms. The van der Waals surface area contributed by atoms with Gasteiger partial charge in [-0.1, -0.05) is 17.7 Å². The lowest BCUT2D eigenvalue weighted by atomic mass is 10.3. The standard InChI is InChI=1S/C10H10ClF3N2O/c11-7-2-1-3-8(4-7)15-5-9(17)16-6-10(12,13)14/h1-4,15H,5-6H2,(H,16,17). The van der Waals surface area contributed by atoms with E-state index in [2.05, 4.69) is 5.32 Å². The van der Waals surface area contributed by atoms with Gasteiger partial charge in [0.25, 0.3) is 0 Å². The Kier molecular flexibility index (Phi) is 4.62. The first kappa shape index (κ1) is 13.6. The van der Waals surface area contributed by atoms with Gasteiger partial charge in [-0.3, -0.25) is 4.79 Å². The molecule has 0 saturated heterocycles. The van der Waals surface area contributed by atoms with E-state index in [-0.39, 0.29) is 6.54 Å². The minimum Gasteiger partial charge on any atom is -0.376 e. The lowest BCUT2D eigenvalue weighted by Crippen LogP contribution is -2.37. The van der Waals surface area contributed by atoms with Crippen LogP contribution in [0.25, 0.3) is 0 Å². The number of anilines is 1. The number of benzene rings is 1. The van der Waals surface area contributed by atoms with Gasteiger partial charge in [0, 0.05) is 10.7 Å². The van der Waals surface area contributed by atoms with E-state index in [0.717, 1.165) is 0 Å². The molecule has 0 aliphatic rings. The smallest absolute Gasteiger partial charge is 0.376 e. The first-order valence-electron chi connectivity index (χ1n) is 4.70. The SMILES string of the molecule is O=C(CNc1cccc(Cl)c1)NCC(F)(F)F. The maximum Gasteiger partial charge on any atom is 0.405 e. The van der Waals surface area contributed by atoms with E-state index in [1.807, 2.05) is 0 Å². The number of alkyl halides is 3. The van der Waals surface area contributed by atoms with Crippen molar-refractivity contribution in [3.8, 4) is 0 Å². The van der Waals surface area contributed by atoms with Crippen LogP contribution < -0.4 is 10.6 Å². The molecule has 0 aliphatic heterocycles. The fourth-order valence-corrected chi connectivity index (χ4v) is 1.23. The molecule has 0 spiro atoms. The third-order valence-electron chi connectivity index (χ3n) is 1.76. The highest BCUT2D eigenvalue weighted by molar-refractivity contribution is 6.30. The summed E-state index contributed by atoms with van der Waals surface area (Å²) in [4.78, 5) is 11.0. The molecule has 0 radical (unpaired) electrons. The Morgan fingerprint density at radius 3 is 2.65 bits per heavy atom. The second-order valence-electron chi connectivity index (χ2n) is 3.26. The Labute approximate surface area is 101 Å². The van der Waals surface area contributed by atoms with Gasteiger partial charge in [-0.25, -0.2) is 0 Å². The van der Waals surface area contributed by atoms with Crippen LogP contribution in [0.3, 0.4) is 0 Å². The molecule has 0 unspecified atom stereocenters. The normalized spacial score (nSPS) is 11.1. The third kappa shape index (κ3) is 6.01. The molecule has 0 atom stereocenters. The zero-order valence-electron chi connectivity index (χ0n) is 8.64. The second kappa shape index (κ2) is 5.77. The fraction of sp³-hybridized carbons (Fsp3) is 0.300. The van der Waals surface area contributed by atoms with Crippen LogP contribution in [0.5, 0.6) is 0 Å². The number of nitrogens with one attached hydrogen (secondary N) is 2. The van der Waals surface area contributed by atoms with Crippen molar-refractivity contribution in [2.45, 2.75) is 6.18 Å². The number of rotatable bonds is 4. The molecule has 1 amide bonds. The Balaban J connectivity index is 2.33. The van der Waals surface area contributed by atoms with Crippen molar-refractivity contribution >= 4 is 23.2 Å². The van der Waals surface area contributed by atoms with Crippen molar-refractivity contribution in [3.05, 3.63) is 29.3 Å². The summed E-state index contributed by atoms with van der Waals surface area (Å²) >= 11 is 5.69. The molecule has 0 fully saturated rings. The molecule has 0 bridgehead atoms. The summed E-state index contributed by atoms with van der Waals surface area (Å²) in [6, 6.07) is 6.54. The summed E-state index contributed by atoms with van der Waals surface area (Å²) in [7, 11) is 0. The molecule has 0 aliphatic carbocycles. The molecule has 1 rings (SSSR count). The van der Waals surface area contributed by atoms with Gasteiger partial charge in [0.1, 0.15) is 6.54 Å². The lowest BCUT2D eigenvalue weighted by Gasteiger charge is -2.09. The number of hydrogen-bond acceptors (Lipinski definition) is 2. The first-order valence-corrected chi connectivity index (χ1v) is 5.07. The topological polar surface area (TPSA) is 41.1 Å². The van der Waals surface area contributed by atoms with Crippen molar-refractivity contribution < 1.29 is 18.0 Å². The summed E-state index contributed by atoms with van der Waals surface area (Å²) in [5.74, 6) is -0.734. The van der Waals surface area contributed by atoms with Gasteiger partial charge in [0.05, 0.1) is 6.54 Å². The molecule has 1 aromatic carbocycles. The summed E-state index contributed by atoms with van der Waals surface area (Å²) in [5.41, 5.74) is 0.569. The summed E-state index contributed by atoms with van der Waals surface area (Å²) in [5, 5.41) is 4.88. The first-order chi connectivity index (χ1) is 7.87. The van der Waals surface area contributed by atoms with Crippen LogP contribution in [0.15, 0.2) is 24.3 Å². The van der Waals surface area contributed by atoms with Crippen LogP contribution in [0.1, 0.15) is 0 Å². The van der Waals surface area contributed by atoms with Gasteiger partial charge in [0.2, 0.25) is 5.91 Å². The van der Waals surface area contributed by atoms with Gasteiger partial charge in [-0.15, -0.1) is 0 Å². The fourth-order valence-electron chi connectivity index (χ4n) is 1.04. The van der Waals surface area contributed by atoms with Gasteiger partial charge in [-0.2, -0.15) is 13.2 Å². The van der Waals surface area contributed by atoms with Gasteiger partial charge in [0.15, 0.2) is 0 Å². The molecular weight excluding hydrogens is 257 g/mol. The minimum atomic E-state index is -4.40. The van der Waals surface area contributed by atoms with Crippen molar-refractivity contribution in [2.24, 2.45) is 0 Å². The maximum absolute atomic E-state index is 11.8. The number of hydrogen-bond donors (Lipinski definition) is 2. The number of carbonyl (C=O) groups excluding carboxylic acids is 1. The highest BCUT2D eigenvalue weighted by atomic mass is 35.5. The van der Waals surface area contributed by atoms with Crippen molar-refractivity contribution in [1.29, 1.82) is 0 Å². The molecule has 0 saturated carbocycles. The van der Waals surface area contributed by atoms with E-state index in [1.165, 1.54) is 0 Å². The predicted molar refractivity (Wildman–Crippen MR) is 59.0 cm³/mol. The highest BCUT2D eigenvalue weighted by Gasteiger charge is 2.27. The summed E-state index contributed by atoms with van der Waals surface area (Å²) < 4.78 is 35.3. The number of amides is 1. The van der Waals surface area contributed by atoms with E-state index in [4.69, 9.17) is 11.6 Å². The zero-order valence-corrected chi connectivity index (χ0v) is 9.40. The van der Waals surface area contributed by atoms with Gasteiger partial charge < -0.3 is 10.6 Å². The molecule has 0 aromatic heterocycles. The van der Waals surface area contributed by atoms with Crippen LogP contribution in [0, 0.1) is 0 Å². The Hall–Kier alpha value is -1.43. The van der Waals surface area contributed by atoms with E-state index in [9.17, 15) is 18.0 Å². The number of carbonyl (C=O) groups is 1. The predicted octanol–water partition coefficient (Wildman–Crippen LogP) is 2.43. The average Bonchev–Trinajstić information content (AvgIpc) is 2.23. The maximum atomic E-state index is 11.8. The molecular formula is C10H10ClF3N2O. The third-order valence-corrected chi connectivity index (χ3v) is 2.00. The van der Waals surface area contributed by atoms with Crippen LogP contribution in [0.4, 0.5) is 18.9 Å². The molecule has 7 heteroatoms. The summed E-state index contributed by atoms with van der Waals surface area (Å²) in [6.07, 6.45) is -4.40. The second-order valence-corrected chi connectivity index (χ2v) is 3.69. The van der Waals surface area contributed by atoms with E-state index >= 15 is 0 Å². The van der Waals surface area contributed by atoms with Crippen molar-refractivity contribution in [1.82, 2.24) is 5.32 Å². The van der Waals surface area contributed by atoms with Crippen LogP contribution >= 0.6 is 11.6 Å². The minimum absolute atomic E-state index is 0.240. The van der Waals surface area contributed by atoms with E-state index < -0.39 is 18.6 Å². The van der Waals surface area contributed by atoms with Crippen LogP contribution in [0.2, 0.25) is 5.02 Å². The van der Waals surface area contributed by atoms with E-state index in [1.54, 1.807) is 29.6 Å². The number of halogens is 4. The Morgan fingerprint density at radius 1 is 1.35 bits per heavy atom. The Morgan fingerprint density at radius 2 is 2.06 bits per heavy atom.